The van der Waals surface area contributed by atoms with E-state index in [1.807, 2.05) is 0 Å². The van der Waals surface area contributed by atoms with Gasteiger partial charge in [0.05, 0.1) is 20.8 Å². The Balaban J connectivity index is 2.32. The number of methoxy groups -OCH3 is 2. The molecule has 0 aromatic heterocycles. The molecule has 1 aromatic rings. The Labute approximate surface area is 243 Å². The maximum Gasteiger partial charge on any atom is 0.472 e. The van der Waals surface area contributed by atoms with Crippen molar-refractivity contribution in [1.82, 2.24) is 0 Å². The summed E-state index contributed by atoms with van der Waals surface area (Å²) >= 11 is 0. The number of nitrogens with zero attached hydrogens (tertiary/aromatic N) is 1. The first kappa shape index (κ1) is 36.2. The highest BCUT2D eigenvalue weighted by Gasteiger charge is 2.23. The van der Waals surface area contributed by atoms with Crippen molar-refractivity contribution in [3.8, 4) is 23.3 Å². The third-order valence-electron chi connectivity index (χ3n) is 7.18. The van der Waals surface area contributed by atoms with Crippen LogP contribution in [0.15, 0.2) is 12.1 Å². The third kappa shape index (κ3) is 16.5. The first-order chi connectivity index (χ1) is 19.4. The van der Waals surface area contributed by atoms with Crippen molar-refractivity contribution in [3.63, 3.8) is 0 Å². The normalized spacial score (nSPS) is 13.4. The topological polar surface area (TPSA) is 107 Å². The van der Waals surface area contributed by atoms with E-state index in [9.17, 15) is 14.7 Å². The van der Waals surface area contributed by atoms with Gasteiger partial charge in [0.2, 0.25) is 0 Å². The van der Waals surface area contributed by atoms with Crippen LogP contribution in [0.25, 0.3) is 0 Å². The monoisotopic (exact) mass is 583 g/mol. The fourth-order valence-electron chi connectivity index (χ4n) is 4.76. The minimum absolute atomic E-state index is 0.106. The van der Waals surface area contributed by atoms with Gasteiger partial charge in [0.25, 0.3) is 0 Å². The molecule has 8 nitrogen and oxygen atoms in total. The van der Waals surface area contributed by atoms with Crippen molar-refractivity contribution in [2.24, 2.45) is 0 Å². The van der Waals surface area contributed by atoms with Crippen molar-refractivity contribution >= 4 is 7.82 Å². The van der Waals surface area contributed by atoms with E-state index < -0.39 is 13.9 Å². The zero-order chi connectivity index (χ0) is 29.5. The van der Waals surface area contributed by atoms with Crippen LogP contribution in [0.5, 0.6) is 17.2 Å². The molecule has 0 heterocycles. The van der Waals surface area contributed by atoms with Crippen molar-refractivity contribution in [1.29, 1.82) is 5.26 Å². The minimum Gasteiger partial charge on any atom is -0.495 e. The van der Waals surface area contributed by atoms with Gasteiger partial charge in [0.1, 0.15) is 35.0 Å². The maximum atomic E-state index is 11.8. The minimum atomic E-state index is -4.13. The van der Waals surface area contributed by atoms with Gasteiger partial charge in [-0.25, -0.2) is 4.57 Å². The Kier molecular flexibility index (Phi) is 20.7. The van der Waals surface area contributed by atoms with E-state index in [1.165, 1.54) is 104 Å². The summed E-state index contributed by atoms with van der Waals surface area (Å²) < 4.78 is 38.2. The highest BCUT2D eigenvalue weighted by molar-refractivity contribution is 7.47. The zero-order valence-electron chi connectivity index (χ0n) is 25.5. The molecule has 0 bridgehead atoms. The summed E-state index contributed by atoms with van der Waals surface area (Å²) in [4.78, 5) is 9.67. The number of rotatable bonds is 26. The lowest BCUT2D eigenvalue weighted by atomic mass is 10.0. The second kappa shape index (κ2) is 22.9. The van der Waals surface area contributed by atoms with Gasteiger partial charge in [-0.2, -0.15) is 5.26 Å². The molecule has 0 aliphatic carbocycles. The summed E-state index contributed by atoms with van der Waals surface area (Å²) in [5.74, 6) is 1.09. The summed E-state index contributed by atoms with van der Waals surface area (Å²) in [7, 11) is -0.0564. The number of benzene rings is 1. The largest absolute Gasteiger partial charge is 0.495 e. The molecule has 2 atom stereocenters. The van der Waals surface area contributed by atoms with Crippen LogP contribution in [0.3, 0.4) is 0 Å². The Morgan fingerprint density at radius 2 is 1.20 bits per heavy atom. The van der Waals surface area contributed by atoms with Gasteiger partial charge in [-0.05, 0) is 12.8 Å². The van der Waals surface area contributed by atoms with E-state index in [1.54, 1.807) is 12.1 Å². The van der Waals surface area contributed by atoms with Gasteiger partial charge in [-0.1, -0.05) is 110 Å². The molecule has 1 N–H and O–H groups in total. The molecular formula is C31H54NO7P. The number of hydrogen-bond donors (Lipinski definition) is 1. The molecule has 0 amide bonds. The van der Waals surface area contributed by atoms with Crippen LogP contribution in [-0.4, -0.2) is 38.9 Å². The number of ether oxygens (including phenoxy) is 3. The lowest BCUT2D eigenvalue weighted by Crippen LogP contribution is -2.23. The quantitative estimate of drug-likeness (QED) is 0.0850. The van der Waals surface area contributed by atoms with Crippen LogP contribution < -0.4 is 14.2 Å². The molecule has 0 fully saturated rings. The van der Waals surface area contributed by atoms with Crippen molar-refractivity contribution in [2.45, 2.75) is 129 Å². The second-order valence-electron chi connectivity index (χ2n) is 10.4. The molecule has 0 spiro atoms. The lowest BCUT2D eigenvalue weighted by Gasteiger charge is -2.21. The predicted octanol–water partition coefficient (Wildman–Crippen LogP) is 9.13. The Morgan fingerprint density at radius 3 is 1.57 bits per heavy atom. The Morgan fingerprint density at radius 1 is 0.775 bits per heavy atom. The highest BCUT2D eigenvalue weighted by atomic mass is 31.2. The molecule has 0 saturated heterocycles. The average Bonchev–Trinajstić information content (AvgIpc) is 2.96. The summed E-state index contributed by atoms with van der Waals surface area (Å²) in [6, 6.07) is 5.29. The van der Waals surface area contributed by atoms with Gasteiger partial charge < -0.3 is 19.1 Å². The molecule has 1 unspecified atom stereocenters. The standard InChI is InChI=1S/C31H54NO7P/c1-5-6-7-8-9-10-11-12-13-14-15-16-17-18-19-20-21-22-27(26-38-40(33,34)37-4)39-28-23-30(35-2)29(25-32)31(24-28)36-3/h23-24,27H,5-22,26H2,1-4H3,(H,33,34)/t27-/m1/s1. The van der Waals surface area contributed by atoms with Gasteiger partial charge >= 0.3 is 7.82 Å². The fourth-order valence-corrected chi connectivity index (χ4v) is 5.22. The highest BCUT2D eigenvalue weighted by Crippen LogP contribution is 2.42. The first-order valence-electron chi connectivity index (χ1n) is 15.3. The number of hydrogen-bond acceptors (Lipinski definition) is 7. The Bertz CT molecular complexity index is 849. The van der Waals surface area contributed by atoms with Gasteiger partial charge in [0.15, 0.2) is 0 Å². The van der Waals surface area contributed by atoms with Crippen LogP contribution in [0.2, 0.25) is 0 Å². The van der Waals surface area contributed by atoms with Gasteiger partial charge in [-0.3, -0.25) is 9.05 Å². The molecule has 9 heteroatoms. The van der Waals surface area contributed by atoms with Crippen LogP contribution in [0.4, 0.5) is 0 Å². The number of unbranched alkanes of at least 4 members (excludes halogenated alkanes) is 16. The van der Waals surface area contributed by atoms with E-state index in [-0.39, 0.29) is 12.2 Å². The van der Waals surface area contributed by atoms with Crippen molar-refractivity contribution in [3.05, 3.63) is 17.7 Å². The zero-order valence-corrected chi connectivity index (χ0v) is 26.4. The molecule has 0 aliphatic rings. The maximum absolute atomic E-state index is 11.8. The predicted molar refractivity (Wildman–Crippen MR) is 160 cm³/mol. The number of nitriles is 1. The smallest absolute Gasteiger partial charge is 0.472 e. The van der Waals surface area contributed by atoms with Crippen LogP contribution in [0, 0.1) is 11.3 Å². The SMILES string of the molecule is CCCCCCCCCCCCCCCCCCC[C@H](COP(=O)(O)OC)Oc1cc(OC)c(C#N)c(OC)c1. The van der Waals surface area contributed by atoms with Crippen LogP contribution in [-0.2, 0) is 13.6 Å². The van der Waals surface area contributed by atoms with E-state index in [0.29, 0.717) is 23.7 Å². The molecule has 40 heavy (non-hydrogen) atoms. The van der Waals surface area contributed by atoms with Crippen LogP contribution in [0.1, 0.15) is 128 Å². The molecule has 1 aromatic carbocycles. The van der Waals surface area contributed by atoms with Crippen LogP contribution >= 0.6 is 7.82 Å². The van der Waals surface area contributed by atoms with E-state index in [4.69, 9.17) is 18.7 Å². The van der Waals surface area contributed by atoms with Gasteiger partial charge in [-0.15, -0.1) is 0 Å². The third-order valence-corrected chi connectivity index (χ3v) is 8.11. The molecule has 0 saturated carbocycles. The number of phosphoric ester groups is 1. The summed E-state index contributed by atoms with van der Waals surface area (Å²) in [5, 5.41) is 9.41. The molecule has 0 aliphatic heterocycles. The Hall–Kier alpha value is -1.78. The molecule has 0 radical (unpaired) electrons. The van der Waals surface area contributed by atoms with Gasteiger partial charge in [0, 0.05) is 19.2 Å². The average molecular weight is 584 g/mol. The summed E-state index contributed by atoms with van der Waals surface area (Å²) in [6.07, 6.45) is 22.3. The van der Waals surface area contributed by atoms with E-state index in [0.717, 1.165) is 26.4 Å². The summed E-state index contributed by atoms with van der Waals surface area (Å²) in [6.45, 7) is 2.16. The van der Waals surface area contributed by atoms with E-state index in [2.05, 4.69) is 17.5 Å². The molecule has 1 rings (SSSR count). The molecular weight excluding hydrogens is 529 g/mol. The number of phosphoric acid groups is 1. The molecule has 230 valence electrons. The second-order valence-corrected chi connectivity index (χ2v) is 12.0. The van der Waals surface area contributed by atoms with Crippen molar-refractivity contribution in [2.75, 3.05) is 27.9 Å². The van der Waals surface area contributed by atoms with Crippen molar-refractivity contribution < 1.29 is 32.7 Å². The first-order valence-corrected chi connectivity index (χ1v) is 16.8. The fraction of sp³-hybridized carbons (Fsp3) is 0.774. The lowest BCUT2D eigenvalue weighted by molar-refractivity contribution is 0.0876. The summed E-state index contributed by atoms with van der Waals surface area (Å²) in [5.41, 5.74) is 0.276. The van der Waals surface area contributed by atoms with E-state index >= 15 is 0 Å².